The maximum atomic E-state index is 10.3. The molecule has 1 aromatic rings. The number of hydrogen-bond acceptors (Lipinski definition) is 4. The molecule has 0 spiro atoms. The maximum absolute atomic E-state index is 10.3. The topological polar surface area (TPSA) is 46.9 Å². The zero-order valence-electron chi connectivity index (χ0n) is 13.3. The van der Waals surface area contributed by atoms with Gasteiger partial charge in [0.2, 0.25) is 0 Å². The number of aliphatic hydroxyl groups excluding tert-OH is 2. The van der Waals surface area contributed by atoms with Crippen molar-refractivity contribution in [2.24, 2.45) is 0 Å². The van der Waals surface area contributed by atoms with Crippen LogP contribution in [0.5, 0.6) is 0 Å². The first-order valence-corrected chi connectivity index (χ1v) is 7.91. The average molecular weight is 292 g/mol. The summed E-state index contributed by atoms with van der Waals surface area (Å²) in [6.45, 7) is 10.2. The van der Waals surface area contributed by atoms with Gasteiger partial charge in [-0.05, 0) is 37.0 Å². The number of hydrogen-bond donors (Lipinski definition) is 2. The summed E-state index contributed by atoms with van der Waals surface area (Å²) in [6, 6.07) is 6.22. The van der Waals surface area contributed by atoms with Crippen LogP contribution in [0.2, 0.25) is 0 Å². The fraction of sp³-hybridized carbons (Fsp3) is 0.647. The van der Waals surface area contributed by atoms with Crippen molar-refractivity contribution < 1.29 is 10.2 Å². The molecule has 0 saturated carbocycles. The first-order chi connectivity index (χ1) is 10.1. The van der Waals surface area contributed by atoms with E-state index in [-0.39, 0.29) is 12.7 Å². The molecule has 1 saturated heterocycles. The molecule has 1 heterocycles. The first-order valence-electron chi connectivity index (χ1n) is 7.91. The smallest absolute Gasteiger partial charge is 0.0802 e. The van der Waals surface area contributed by atoms with Gasteiger partial charge in [0.1, 0.15) is 0 Å². The summed E-state index contributed by atoms with van der Waals surface area (Å²) in [4.78, 5) is 4.69. The van der Waals surface area contributed by atoms with Crippen LogP contribution in [0.25, 0.3) is 0 Å². The Labute approximate surface area is 128 Å². The highest BCUT2D eigenvalue weighted by molar-refractivity contribution is 5.31. The molecular formula is C17H28N2O2. The number of β-amino-alcohol motifs (C(OH)–C–C–N with tert-alkyl or cyclic N) is 1. The van der Waals surface area contributed by atoms with Crippen molar-refractivity contribution in [2.45, 2.75) is 26.4 Å². The van der Waals surface area contributed by atoms with Gasteiger partial charge in [-0.25, -0.2) is 0 Å². The second kappa shape index (κ2) is 7.90. The van der Waals surface area contributed by atoms with Crippen LogP contribution in [0.3, 0.4) is 0 Å². The van der Waals surface area contributed by atoms with Crippen LogP contribution in [-0.4, -0.2) is 65.9 Å². The third-order valence-electron chi connectivity index (χ3n) is 4.52. The SMILES string of the molecule is Cc1ccc(C(O)CCN2CCN(CCO)CC2)cc1C. The average Bonchev–Trinajstić information content (AvgIpc) is 2.49. The molecule has 0 aliphatic carbocycles. The molecule has 1 aromatic carbocycles. The number of nitrogens with zero attached hydrogens (tertiary/aromatic N) is 2. The second-order valence-corrected chi connectivity index (χ2v) is 6.06. The number of aryl methyl sites for hydroxylation is 2. The van der Waals surface area contributed by atoms with Crippen molar-refractivity contribution in [2.75, 3.05) is 45.9 Å². The van der Waals surface area contributed by atoms with E-state index in [0.717, 1.165) is 51.3 Å². The summed E-state index contributed by atoms with van der Waals surface area (Å²) < 4.78 is 0. The van der Waals surface area contributed by atoms with Crippen molar-refractivity contribution >= 4 is 0 Å². The molecule has 2 rings (SSSR count). The fourth-order valence-electron chi connectivity index (χ4n) is 2.82. The number of piperazine rings is 1. The minimum atomic E-state index is -0.375. The molecule has 2 N–H and O–H groups in total. The third kappa shape index (κ3) is 4.78. The van der Waals surface area contributed by atoms with E-state index in [1.165, 1.54) is 11.1 Å². The molecule has 0 bridgehead atoms. The Morgan fingerprint density at radius 2 is 1.62 bits per heavy atom. The monoisotopic (exact) mass is 292 g/mol. The molecule has 0 amide bonds. The zero-order chi connectivity index (χ0) is 15.2. The summed E-state index contributed by atoms with van der Waals surface area (Å²) >= 11 is 0. The highest BCUT2D eigenvalue weighted by Gasteiger charge is 2.17. The first kappa shape index (κ1) is 16.4. The standard InChI is InChI=1S/C17H28N2O2/c1-14-3-4-16(13-15(14)2)17(21)5-6-18-7-9-19(10-8-18)11-12-20/h3-4,13,17,20-21H,5-12H2,1-2H3. The van der Waals surface area contributed by atoms with E-state index in [9.17, 15) is 5.11 Å². The molecule has 1 aliphatic heterocycles. The Bertz CT molecular complexity index is 442. The summed E-state index contributed by atoms with van der Waals surface area (Å²) in [5, 5.41) is 19.3. The van der Waals surface area contributed by atoms with Gasteiger partial charge in [0.15, 0.2) is 0 Å². The normalized spacial score (nSPS) is 18.9. The molecular weight excluding hydrogens is 264 g/mol. The van der Waals surface area contributed by atoms with Crippen LogP contribution in [-0.2, 0) is 0 Å². The molecule has 21 heavy (non-hydrogen) atoms. The van der Waals surface area contributed by atoms with E-state index in [1.54, 1.807) is 0 Å². The summed E-state index contributed by atoms with van der Waals surface area (Å²) in [7, 11) is 0. The quantitative estimate of drug-likeness (QED) is 0.830. The molecule has 4 heteroatoms. The van der Waals surface area contributed by atoms with Crippen molar-refractivity contribution in [3.05, 3.63) is 34.9 Å². The molecule has 1 fully saturated rings. The predicted octanol–water partition coefficient (Wildman–Crippen LogP) is 1.34. The Morgan fingerprint density at radius 1 is 1.00 bits per heavy atom. The van der Waals surface area contributed by atoms with Gasteiger partial charge in [-0.1, -0.05) is 18.2 Å². The minimum Gasteiger partial charge on any atom is -0.395 e. The van der Waals surface area contributed by atoms with Crippen molar-refractivity contribution in [1.29, 1.82) is 0 Å². The lowest BCUT2D eigenvalue weighted by atomic mass is 10.0. The fourth-order valence-corrected chi connectivity index (χ4v) is 2.82. The number of rotatable bonds is 6. The summed E-state index contributed by atoms with van der Waals surface area (Å²) in [5.74, 6) is 0. The van der Waals surface area contributed by atoms with Gasteiger partial charge in [0.25, 0.3) is 0 Å². The van der Waals surface area contributed by atoms with Crippen molar-refractivity contribution in [1.82, 2.24) is 9.80 Å². The highest BCUT2D eigenvalue weighted by atomic mass is 16.3. The van der Waals surface area contributed by atoms with Crippen molar-refractivity contribution in [3.63, 3.8) is 0 Å². The molecule has 4 nitrogen and oxygen atoms in total. The largest absolute Gasteiger partial charge is 0.395 e. The van der Waals surface area contributed by atoms with E-state index in [0.29, 0.717) is 0 Å². The zero-order valence-corrected chi connectivity index (χ0v) is 13.3. The van der Waals surface area contributed by atoms with Gasteiger partial charge in [0.05, 0.1) is 12.7 Å². The second-order valence-electron chi connectivity index (χ2n) is 6.06. The third-order valence-corrected chi connectivity index (χ3v) is 4.52. The maximum Gasteiger partial charge on any atom is 0.0802 e. The van der Waals surface area contributed by atoms with Crippen LogP contribution >= 0.6 is 0 Å². The van der Waals surface area contributed by atoms with Crippen molar-refractivity contribution in [3.8, 4) is 0 Å². The number of benzene rings is 1. The lowest BCUT2D eigenvalue weighted by molar-refractivity contribution is 0.0923. The Hall–Kier alpha value is -0.940. The van der Waals surface area contributed by atoms with Crippen LogP contribution in [0.15, 0.2) is 18.2 Å². The Morgan fingerprint density at radius 3 is 2.19 bits per heavy atom. The van der Waals surface area contributed by atoms with Crippen LogP contribution in [0, 0.1) is 13.8 Å². The lowest BCUT2D eigenvalue weighted by Crippen LogP contribution is -2.47. The van der Waals surface area contributed by atoms with E-state index in [4.69, 9.17) is 5.11 Å². The highest BCUT2D eigenvalue weighted by Crippen LogP contribution is 2.20. The van der Waals surface area contributed by atoms with E-state index in [2.05, 4.69) is 35.8 Å². The summed E-state index contributed by atoms with van der Waals surface area (Å²) in [5.41, 5.74) is 3.53. The van der Waals surface area contributed by atoms with E-state index >= 15 is 0 Å². The molecule has 1 unspecified atom stereocenters. The van der Waals surface area contributed by atoms with Gasteiger partial charge in [-0.2, -0.15) is 0 Å². The van der Waals surface area contributed by atoms with Gasteiger partial charge < -0.3 is 15.1 Å². The van der Waals surface area contributed by atoms with Crippen LogP contribution < -0.4 is 0 Å². The Kier molecular flexibility index (Phi) is 6.18. The minimum absolute atomic E-state index is 0.242. The van der Waals surface area contributed by atoms with Crippen LogP contribution in [0.1, 0.15) is 29.2 Å². The van der Waals surface area contributed by atoms with Crippen LogP contribution in [0.4, 0.5) is 0 Å². The number of aliphatic hydroxyl groups is 2. The molecule has 1 aliphatic rings. The van der Waals surface area contributed by atoms with Gasteiger partial charge >= 0.3 is 0 Å². The van der Waals surface area contributed by atoms with E-state index < -0.39 is 0 Å². The summed E-state index contributed by atoms with van der Waals surface area (Å²) in [6.07, 6.45) is 0.405. The molecule has 118 valence electrons. The Balaban J connectivity index is 1.76. The lowest BCUT2D eigenvalue weighted by Gasteiger charge is -2.34. The predicted molar refractivity (Wildman–Crippen MR) is 85.5 cm³/mol. The molecule has 0 aromatic heterocycles. The van der Waals surface area contributed by atoms with Gasteiger partial charge in [-0.15, -0.1) is 0 Å². The molecule has 0 radical (unpaired) electrons. The van der Waals surface area contributed by atoms with E-state index in [1.807, 2.05) is 6.07 Å². The van der Waals surface area contributed by atoms with Gasteiger partial charge in [0, 0.05) is 39.3 Å². The molecule has 1 atom stereocenters. The van der Waals surface area contributed by atoms with Gasteiger partial charge in [-0.3, -0.25) is 4.90 Å².